The molecule has 0 spiro atoms. The van der Waals surface area contributed by atoms with Crippen molar-refractivity contribution in [2.45, 2.75) is 0 Å². The molecule has 0 unspecified atom stereocenters. The van der Waals surface area contributed by atoms with Gasteiger partial charge in [0.25, 0.3) is 5.69 Å². The normalized spacial score (nSPS) is 10.6. The second-order valence-electron chi connectivity index (χ2n) is 4.11. The van der Waals surface area contributed by atoms with Crippen molar-refractivity contribution in [3.05, 3.63) is 32.8 Å². The molecule has 0 aliphatic rings. The maximum Gasteiger partial charge on any atom is 0.293 e. The van der Waals surface area contributed by atoms with Gasteiger partial charge in [-0.1, -0.05) is 15.9 Å². The Morgan fingerprint density at radius 3 is 2.47 bits per heavy atom. The van der Waals surface area contributed by atoms with Crippen molar-refractivity contribution in [3.8, 4) is 0 Å². The van der Waals surface area contributed by atoms with Crippen LogP contribution in [0.15, 0.2) is 22.7 Å². The molecule has 0 aliphatic carbocycles. The molecule has 0 amide bonds. The fourth-order valence-corrected chi connectivity index (χ4v) is 1.79. The van der Waals surface area contributed by atoms with Crippen molar-refractivity contribution in [1.82, 2.24) is 4.90 Å². The molecule has 0 heterocycles. The molecule has 0 bridgehead atoms. The summed E-state index contributed by atoms with van der Waals surface area (Å²) < 4.78 is 0.717. The number of hydrogen-bond donors (Lipinski definition) is 0. The average Bonchev–Trinajstić information content (AvgIpc) is 2.25. The molecule has 0 radical (unpaired) electrons. The Labute approximate surface area is 109 Å². The molecule has 0 saturated heterocycles. The van der Waals surface area contributed by atoms with Crippen LogP contribution in [0.5, 0.6) is 0 Å². The zero-order valence-electron chi connectivity index (χ0n) is 10.2. The molecule has 0 atom stereocenters. The lowest BCUT2D eigenvalue weighted by atomic mass is 10.2. The molecular weight excluding hydrogens is 286 g/mol. The van der Waals surface area contributed by atoms with E-state index in [4.69, 9.17) is 0 Å². The van der Waals surface area contributed by atoms with Gasteiger partial charge in [-0.15, -0.1) is 0 Å². The predicted molar refractivity (Wildman–Crippen MR) is 72.6 cm³/mol. The molecule has 1 aromatic rings. The molecule has 0 fully saturated rings. The second kappa shape index (κ2) is 5.97. The molecule has 17 heavy (non-hydrogen) atoms. The number of rotatable bonds is 5. The Bertz CT molecular complexity index is 410. The largest absolute Gasteiger partial charge is 0.368 e. The van der Waals surface area contributed by atoms with Crippen LogP contribution in [-0.2, 0) is 0 Å². The van der Waals surface area contributed by atoms with Crippen molar-refractivity contribution in [3.63, 3.8) is 0 Å². The zero-order valence-corrected chi connectivity index (χ0v) is 11.8. The van der Waals surface area contributed by atoms with Gasteiger partial charge < -0.3 is 9.80 Å². The number of likely N-dealkylation sites (N-methyl/N-ethyl adjacent to an activating group) is 2. The molecule has 1 rings (SSSR count). The summed E-state index contributed by atoms with van der Waals surface area (Å²) in [6.45, 7) is 1.60. The van der Waals surface area contributed by atoms with E-state index in [1.807, 2.05) is 37.0 Å². The second-order valence-corrected chi connectivity index (χ2v) is 5.03. The third-order valence-corrected chi connectivity index (χ3v) is 2.92. The summed E-state index contributed by atoms with van der Waals surface area (Å²) in [7, 11) is 5.81. The first-order chi connectivity index (χ1) is 7.91. The highest BCUT2D eigenvalue weighted by atomic mass is 79.9. The van der Waals surface area contributed by atoms with Gasteiger partial charge in [-0.05, 0) is 26.2 Å². The summed E-state index contributed by atoms with van der Waals surface area (Å²) in [6.07, 6.45) is 0. The highest BCUT2D eigenvalue weighted by Gasteiger charge is 2.17. The van der Waals surface area contributed by atoms with Gasteiger partial charge in [0.15, 0.2) is 0 Å². The third-order valence-electron chi connectivity index (χ3n) is 2.43. The van der Waals surface area contributed by atoms with Crippen molar-refractivity contribution < 1.29 is 4.92 Å². The average molecular weight is 302 g/mol. The smallest absolute Gasteiger partial charge is 0.293 e. The number of nitrogens with zero attached hydrogens (tertiary/aromatic N) is 3. The lowest BCUT2D eigenvalue weighted by Crippen LogP contribution is -2.28. The Morgan fingerprint density at radius 2 is 1.94 bits per heavy atom. The number of hydrogen-bond acceptors (Lipinski definition) is 4. The highest BCUT2D eigenvalue weighted by Crippen LogP contribution is 2.30. The summed E-state index contributed by atoms with van der Waals surface area (Å²) in [6, 6.07) is 5.11. The van der Waals surface area contributed by atoms with E-state index in [1.165, 1.54) is 6.07 Å². The van der Waals surface area contributed by atoms with E-state index in [9.17, 15) is 10.1 Å². The first-order valence-electron chi connectivity index (χ1n) is 5.21. The lowest BCUT2D eigenvalue weighted by Gasteiger charge is -2.21. The van der Waals surface area contributed by atoms with Gasteiger partial charge in [0.05, 0.1) is 4.92 Å². The van der Waals surface area contributed by atoms with Gasteiger partial charge in [-0.25, -0.2) is 0 Å². The van der Waals surface area contributed by atoms with Crippen molar-refractivity contribution in [2.75, 3.05) is 39.1 Å². The topological polar surface area (TPSA) is 49.6 Å². The van der Waals surface area contributed by atoms with Crippen molar-refractivity contribution in [2.24, 2.45) is 0 Å². The monoisotopic (exact) mass is 301 g/mol. The standard InChI is InChI=1S/C11H16BrN3O2/c1-13(2)6-7-14(3)10-5-4-9(12)8-11(10)15(16)17/h4-5,8H,6-7H2,1-3H3. The van der Waals surface area contributed by atoms with Crippen LogP contribution in [0.4, 0.5) is 11.4 Å². The van der Waals surface area contributed by atoms with Crippen molar-refractivity contribution in [1.29, 1.82) is 0 Å². The van der Waals surface area contributed by atoms with Gasteiger partial charge in [0.2, 0.25) is 0 Å². The number of anilines is 1. The molecule has 0 aromatic heterocycles. The number of nitro benzene ring substituents is 1. The Balaban J connectivity index is 2.92. The van der Waals surface area contributed by atoms with E-state index in [0.29, 0.717) is 10.2 Å². The van der Waals surface area contributed by atoms with Crippen LogP contribution >= 0.6 is 15.9 Å². The quantitative estimate of drug-likeness (QED) is 0.619. The fraction of sp³-hybridized carbons (Fsp3) is 0.455. The lowest BCUT2D eigenvalue weighted by molar-refractivity contribution is -0.384. The van der Waals surface area contributed by atoms with E-state index < -0.39 is 0 Å². The van der Waals surface area contributed by atoms with Crippen LogP contribution in [0.25, 0.3) is 0 Å². The number of benzene rings is 1. The van der Waals surface area contributed by atoms with Crippen LogP contribution in [0, 0.1) is 10.1 Å². The van der Waals surface area contributed by atoms with Crippen LogP contribution in [0.1, 0.15) is 0 Å². The molecule has 5 nitrogen and oxygen atoms in total. The van der Waals surface area contributed by atoms with Gasteiger partial charge >= 0.3 is 0 Å². The number of halogens is 1. The first kappa shape index (κ1) is 13.9. The highest BCUT2D eigenvalue weighted by molar-refractivity contribution is 9.10. The minimum atomic E-state index is -0.355. The Kier molecular flexibility index (Phi) is 4.89. The van der Waals surface area contributed by atoms with Crippen LogP contribution in [0.2, 0.25) is 0 Å². The minimum absolute atomic E-state index is 0.126. The van der Waals surface area contributed by atoms with Crippen LogP contribution in [0.3, 0.4) is 0 Å². The van der Waals surface area contributed by atoms with E-state index in [2.05, 4.69) is 15.9 Å². The van der Waals surface area contributed by atoms with E-state index >= 15 is 0 Å². The molecule has 0 aliphatic heterocycles. The zero-order chi connectivity index (χ0) is 13.0. The van der Waals surface area contributed by atoms with Gasteiger partial charge in [-0.2, -0.15) is 0 Å². The van der Waals surface area contributed by atoms with E-state index in [0.717, 1.165) is 13.1 Å². The summed E-state index contributed by atoms with van der Waals surface area (Å²) in [5.41, 5.74) is 0.765. The van der Waals surface area contributed by atoms with Crippen molar-refractivity contribution >= 4 is 27.3 Å². The molecule has 0 saturated carbocycles. The first-order valence-corrected chi connectivity index (χ1v) is 6.01. The molecule has 0 N–H and O–H groups in total. The molecule has 94 valence electrons. The SMILES string of the molecule is CN(C)CCN(C)c1ccc(Br)cc1[N+](=O)[O-]. The van der Waals surface area contributed by atoms with Gasteiger partial charge in [0.1, 0.15) is 5.69 Å². The van der Waals surface area contributed by atoms with E-state index in [-0.39, 0.29) is 10.6 Å². The molecular formula is C11H16BrN3O2. The van der Waals surface area contributed by atoms with Crippen LogP contribution < -0.4 is 4.90 Å². The van der Waals surface area contributed by atoms with E-state index in [1.54, 1.807) is 6.07 Å². The predicted octanol–water partition coefficient (Wildman–Crippen LogP) is 2.36. The fourth-order valence-electron chi connectivity index (χ4n) is 1.44. The minimum Gasteiger partial charge on any atom is -0.368 e. The molecule has 6 heteroatoms. The number of nitro groups is 1. The van der Waals surface area contributed by atoms with Gasteiger partial charge in [0, 0.05) is 30.7 Å². The summed E-state index contributed by atoms with van der Waals surface area (Å²) >= 11 is 3.24. The third kappa shape index (κ3) is 3.98. The summed E-state index contributed by atoms with van der Waals surface area (Å²) in [5, 5.41) is 11.0. The molecule has 1 aromatic carbocycles. The Hall–Kier alpha value is -1.14. The maximum atomic E-state index is 11.0. The maximum absolute atomic E-state index is 11.0. The van der Waals surface area contributed by atoms with Gasteiger partial charge in [-0.3, -0.25) is 10.1 Å². The summed E-state index contributed by atoms with van der Waals surface area (Å²) in [5.74, 6) is 0. The summed E-state index contributed by atoms with van der Waals surface area (Å²) in [4.78, 5) is 14.5. The van der Waals surface area contributed by atoms with Crippen LogP contribution in [-0.4, -0.2) is 44.1 Å². The Morgan fingerprint density at radius 1 is 1.29 bits per heavy atom.